The van der Waals surface area contributed by atoms with Crippen LogP contribution in [-0.4, -0.2) is 78.0 Å². The van der Waals surface area contributed by atoms with E-state index in [2.05, 4.69) is 0 Å². The van der Waals surface area contributed by atoms with E-state index in [-0.39, 0.29) is 27.4 Å². The minimum absolute atomic E-state index is 0.217. The van der Waals surface area contributed by atoms with Crippen molar-refractivity contribution in [3.8, 4) is 0 Å². The molecule has 43 heavy (non-hydrogen) atoms. The van der Waals surface area contributed by atoms with E-state index in [9.17, 15) is 51.8 Å². The van der Waals surface area contributed by atoms with E-state index in [0.717, 1.165) is 59.9 Å². The van der Waals surface area contributed by atoms with Crippen LogP contribution < -0.4 is 0 Å². The maximum atomic E-state index is 13.3. The first-order valence-electron chi connectivity index (χ1n) is 11.9. The van der Waals surface area contributed by atoms with Gasteiger partial charge >= 0.3 is 5.97 Å². The normalized spacial score (nSPS) is 11.4. The van der Waals surface area contributed by atoms with Crippen molar-refractivity contribution in [1.82, 2.24) is 8.61 Å². The van der Waals surface area contributed by atoms with Crippen molar-refractivity contribution in [2.24, 2.45) is 0 Å². The number of rotatable bonds is 14. The zero-order valence-electron chi connectivity index (χ0n) is 22.4. The highest BCUT2D eigenvalue weighted by atomic mass is 32.2. The van der Waals surface area contributed by atoms with Crippen LogP contribution in [0.3, 0.4) is 0 Å². The predicted molar refractivity (Wildman–Crippen MR) is 150 cm³/mol. The Balaban J connectivity index is 0.00000316. The van der Waals surface area contributed by atoms with Crippen LogP contribution in [0.4, 0.5) is 11.4 Å². The fraction of sp³-hybridized carbons (Fsp3) is 0.200. The lowest BCUT2D eigenvalue weighted by Gasteiger charge is -2.24. The number of nitrogens with zero attached hydrogens (tertiary/aromatic N) is 4. The van der Waals surface area contributed by atoms with Crippen LogP contribution in [0.2, 0.25) is 0 Å². The van der Waals surface area contributed by atoms with Crippen molar-refractivity contribution in [3.63, 3.8) is 0 Å². The van der Waals surface area contributed by atoms with Crippen LogP contribution in [0, 0.1) is 20.2 Å². The van der Waals surface area contributed by atoms with E-state index >= 15 is 0 Å². The molecule has 0 radical (unpaired) electrons. The van der Waals surface area contributed by atoms with Gasteiger partial charge in [-0.1, -0.05) is 24.3 Å². The molecule has 3 aromatic carbocycles. The number of aliphatic hydroxyl groups is 1. The number of carboxylic acids is 1. The number of carbonyl (C=O) groups is 2. The molecule has 3 aromatic rings. The number of nitro groups is 2. The summed E-state index contributed by atoms with van der Waals surface area (Å²) in [4.78, 5) is 42.6. The first kappa shape index (κ1) is 34.6. The molecule has 0 saturated carbocycles. The van der Waals surface area contributed by atoms with Gasteiger partial charge in [0.2, 0.25) is 20.0 Å². The third-order valence-electron chi connectivity index (χ3n) is 5.77. The molecule has 0 aliphatic heterocycles. The number of aldehydes is 1. The molecule has 0 unspecified atom stereocenters. The molecular formula is C25H26N4O12S2. The molecule has 0 aromatic heterocycles. The van der Waals surface area contributed by atoms with Crippen molar-refractivity contribution in [3.05, 3.63) is 104 Å². The summed E-state index contributed by atoms with van der Waals surface area (Å²) in [5.41, 5.74) is -0.254. The quantitative estimate of drug-likeness (QED) is 0.146. The summed E-state index contributed by atoms with van der Waals surface area (Å²) in [5.74, 6) is -1.49. The van der Waals surface area contributed by atoms with Gasteiger partial charge in [0.15, 0.2) is 0 Å². The molecule has 18 heteroatoms. The number of hydrogen-bond donors (Lipinski definition) is 2. The van der Waals surface area contributed by atoms with Gasteiger partial charge in [-0.3, -0.25) is 25.0 Å². The molecule has 3 rings (SSSR count). The van der Waals surface area contributed by atoms with Gasteiger partial charge < -0.3 is 15.0 Å². The van der Waals surface area contributed by atoms with E-state index in [4.69, 9.17) is 5.11 Å². The second kappa shape index (κ2) is 15.0. The molecule has 2 N–H and O–H groups in total. The Kier molecular flexibility index (Phi) is 12.1. The molecule has 230 valence electrons. The fourth-order valence-corrected chi connectivity index (χ4v) is 6.44. The largest absolute Gasteiger partial charge is 0.480 e. The third-order valence-corrected chi connectivity index (χ3v) is 9.40. The third kappa shape index (κ3) is 8.69. The van der Waals surface area contributed by atoms with Gasteiger partial charge in [0.05, 0.1) is 26.2 Å². The predicted octanol–water partition coefficient (Wildman–Crippen LogP) is 1.78. The van der Waals surface area contributed by atoms with E-state index in [0.29, 0.717) is 10.6 Å². The standard InChI is InChI=1S/C24H22N4O11S2.CH4O/c29-14-13-25(40(36,37)22-9-5-20(6-10-22)27(32)33)15-18-3-1-2-4-19(18)16-26(17-24(30)31)41(38,39)23-11-7-21(8-12-23)28(34)35;1-2/h1-12,14H,13,15-17H2,(H,30,31);2H,1H3. The molecule has 0 aliphatic rings. The van der Waals surface area contributed by atoms with Gasteiger partial charge in [-0.25, -0.2) is 16.8 Å². The van der Waals surface area contributed by atoms with E-state index in [1.165, 1.54) is 24.3 Å². The summed E-state index contributed by atoms with van der Waals surface area (Å²) in [7, 11) is -7.84. The van der Waals surface area contributed by atoms with Gasteiger partial charge in [-0.15, -0.1) is 0 Å². The topological polar surface area (TPSA) is 236 Å². The van der Waals surface area contributed by atoms with Crippen LogP contribution in [0.1, 0.15) is 11.1 Å². The van der Waals surface area contributed by atoms with Crippen molar-refractivity contribution in [2.45, 2.75) is 22.9 Å². The minimum Gasteiger partial charge on any atom is -0.480 e. The molecular weight excluding hydrogens is 612 g/mol. The van der Waals surface area contributed by atoms with Crippen molar-refractivity contribution in [2.75, 3.05) is 20.2 Å². The van der Waals surface area contributed by atoms with Crippen molar-refractivity contribution < 1.29 is 46.5 Å². The van der Waals surface area contributed by atoms with Gasteiger partial charge in [-0.2, -0.15) is 8.61 Å². The summed E-state index contributed by atoms with van der Waals surface area (Å²) < 4.78 is 54.5. The summed E-state index contributed by atoms with van der Waals surface area (Å²) >= 11 is 0. The molecule has 0 bridgehead atoms. The van der Waals surface area contributed by atoms with Crippen LogP contribution in [0.25, 0.3) is 0 Å². The summed E-state index contributed by atoms with van der Waals surface area (Å²) in [6.45, 7) is -2.53. The second-order valence-electron chi connectivity index (χ2n) is 8.40. The number of sulfonamides is 2. The smallest absolute Gasteiger partial charge is 0.318 e. The Bertz CT molecular complexity index is 1680. The second-order valence-corrected chi connectivity index (χ2v) is 12.3. The van der Waals surface area contributed by atoms with E-state index in [1.54, 1.807) is 0 Å². The van der Waals surface area contributed by atoms with Crippen LogP contribution in [0.15, 0.2) is 82.6 Å². The highest BCUT2D eigenvalue weighted by Gasteiger charge is 2.30. The number of nitro benzene ring substituents is 2. The summed E-state index contributed by atoms with van der Waals surface area (Å²) in [6.07, 6.45) is 0.335. The zero-order valence-corrected chi connectivity index (χ0v) is 24.0. The number of aliphatic carboxylic acids is 1. The number of carbonyl (C=O) groups excluding carboxylic acids is 1. The number of hydrogen-bond acceptors (Lipinski definition) is 11. The van der Waals surface area contributed by atoms with Gasteiger partial charge in [0, 0.05) is 44.5 Å². The maximum Gasteiger partial charge on any atom is 0.318 e. The SMILES string of the molecule is CO.O=CCN(Cc1ccccc1CN(CC(=O)O)S(=O)(=O)c1ccc([N+](=O)[O-])cc1)S(=O)(=O)c1ccc([N+](=O)[O-])cc1. The number of non-ortho nitro benzene ring substituents is 2. The average molecular weight is 639 g/mol. The molecule has 0 saturated heterocycles. The van der Waals surface area contributed by atoms with Gasteiger partial charge in [0.1, 0.15) is 12.8 Å². The Labute approximate surface area is 245 Å². The Morgan fingerprint density at radius 1 is 0.744 bits per heavy atom. The van der Waals surface area contributed by atoms with E-state index in [1.807, 2.05) is 0 Å². The van der Waals surface area contributed by atoms with Gasteiger partial charge in [0.25, 0.3) is 11.4 Å². The van der Waals surface area contributed by atoms with Crippen molar-refractivity contribution >= 4 is 43.7 Å². The maximum absolute atomic E-state index is 13.3. The molecule has 0 amide bonds. The Morgan fingerprint density at radius 2 is 1.12 bits per heavy atom. The summed E-state index contributed by atoms with van der Waals surface area (Å²) in [5, 5.41) is 38.3. The molecule has 0 fully saturated rings. The molecule has 0 aliphatic carbocycles. The lowest BCUT2D eigenvalue weighted by Crippen LogP contribution is -2.36. The lowest BCUT2D eigenvalue weighted by atomic mass is 10.1. The lowest BCUT2D eigenvalue weighted by molar-refractivity contribution is -0.385. The molecule has 0 atom stereocenters. The monoisotopic (exact) mass is 638 g/mol. The number of aliphatic hydroxyl groups excluding tert-OH is 1. The zero-order chi connectivity index (χ0) is 32.4. The Morgan fingerprint density at radius 3 is 1.47 bits per heavy atom. The minimum atomic E-state index is -4.49. The highest BCUT2D eigenvalue weighted by Crippen LogP contribution is 2.25. The van der Waals surface area contributed by atoms with Crippen LogP contribution >= 0.6 is 0 Å². The number of benzene rings is 3. The molecule has 0 heterocycles. The average Bonchev–Trinajstić information content (AvgIpc) is 2.98. The molecule has 0 spiro atoms. The first-order chi connectivity index (χ1) is 20.3. The van der Waals surface area contributed by atoms with Crippen LogP contribution in [-0.2, 0) is 42.7 Å². The van der Waals surface area contributed by atoms with Crippen molar-refractivity contribution in [1.29, 1.82) is 0 Å². The molecule has 16 nitrogen and oxygen atoms in total. The highest BCUT2D eigenvalue weighted by molar-refractivity contribution is 7.89. The summed E-state index contributed by atoms with van der Waals surface area (Å²) in [6, 6.07) is 13.8. The van der Waals surface area contributed by atoms with Gasteiger partial charge in [-0.05, 0) is 35.4 Å². The first-order valence-corrected chi connectivity index (χ1v) is 14.8. The number of carboxylic acid groups (broad SMARTS) is 1. The van der Waals surface area contributed by atoms with E-state index < -0.39 is 66.9 Å². The Hall–Kier alpha value is -4.62. The fourth-order valence-electron chi connectivity index (χ4n) is 3.73. The van der Waals surface area contributed by atoms with Crippen LogP contribution in [0.5, 0.6) is 0 Å².